The molecule has 2 aliphatic rings. The number of fused-ring (bicyclic) bond motifs is 1. The average Bonchev–Trinajstić information content (AvgIpc) is 3.21. The second kappa shape index (κ2) is 7.12. The smallest absolute Gasteiger partial charge is 0.251 e. The van der Waals surface area contributed by atoms with E-state index in [0.29, 0.717) is 18.5 Å². The van der Waals surface area contributed by atoms with Crippen LogP contribution < -0.4 is 5.32 Å². The molecule has 1 aliphatic heterocycles. The highest BCUT2D eigenvalue weighted by atomic mass is 35.5. The minimum atomic E-state index is -0.0765. The first-order chi connectivity index (χ1) is 12.6. The molecule has 1 N–H and O–H groups in total. The van der Waals surface area contributed by atoms with Crippen LogP contribution in [0.5, 0.6) is 0 Å². The van der Waals surface area contributed by atoms with Crippen LogP contribution in [0.2, 0.25) is 5.02 Å². The maximum Gasteiger partial charge on any atom is 0.251 e. The molecule has 0 aromatic heterocycles. The van der Waals surface area contributed by atoms with Gasteiger partial charge in [-0.2, -0.15) is 0 Å². The molecule has 0 saturated carbocycles. The predicted octanol–water partition coefficient (Wildman–Crippen LogP) is 3.88. The Balaban J connectivity index is 1.46. The molecule has 26 heavy (non-hydrogen) atoms. The number of likely N-dealkylation sites (tertiary alicyclic amines) is 1. The number of carbonyl (C=O) groups is 2. The lowest BCUT2D eigenvalue weighted by atomic mass is 10.1. The Morgan fingerprint density at radius 1 is 1.19 bits per heavy atom. The average molecular weight is 369 g/mol. The second-order valence-electron chi connectivity index (χ2n) is 7.03. The monoisotopic (exact) mass is 368 g/mol. The third kappa shape index (κ3) is 3.47. The van der Waals surface area contributed by atoms with Gasteiger partial charge in [0.05, 0.1) is 6.04 Å². The molecule has 2 aromatic carbocycles. The van der Waals surface area contributed by atoms with Crippen molar-refractivity contribution in [2.24, 2.45) is 0 Å². The number of rotatable bonds is 4. The first-order valence-corrected chi connectivity index (χ1v) is 9.44. The Morgan fingerprint density at radius 3 is 2.88 bits per heavy atom. The predicted molar refractivity (Wildman–Crippen MR) is 101 cm³/mol. The lowest BCUT2D eigenvalue weighted by Gasteiger charge is -2.17. The number of nitrogens with zero attached hydrogens (tertiary/aromatic N) is 1. The van der Waals surface area contributed by atoms with Crippen molar-refractivity contribution in [3.05, 3.63) is 69.7 Å². The van der Waals surface area contributed by atoms with Crippen molar-refractivity contribution in [2.45, 2.75) is 38.3 Å². The van der Waals surface area contributed by atoms with E-state index in [1.165, 1.54) is 5.56 Å². The largest absolute Gasteiger partial charge is 0.345 e. The van der Waals surface area contributed by atoms with Crippen molar-refractivity contribution < 1.29 is 9.59 Å². The first-order valence-electron chi connectivity index (χ1n) is 9.06. The molecule has 0 bridgehead atoms. The zero-order chi connectivity index (χ0) is 18.1. The molecule has 1 aliphatic carbocycles. The molecule has 1 atom stereocenters. The van der Waals surface area contributed by atoms with Crippen molar-refractivity contribution in [1.82, 2.24) is 10.2 Å². The molecule has 5 heteroatoms. The van der Waals surface area contributed by atoms with E-state index >= 15 is 0 Å². The van der Waals surface area contributed by atoms with Gasteiger partial charge in [0.2, 0.25) is 5.91 Å². The van der Waals surface area contributed by atoms with Gasteiger partial charge in [-0.25, -0.2) is 0 Å². The summed E-state index contributed by atoms with van der Waals surface area (Å²) in [6, 6.07) is 13.4. The molecule has 134 valence electrons. The van der Waals surface area contributed by atoms with Crippen LogP contribution in [0.25, 0.3) is 0 Å². The molecule has 0 unspecified atom stereocenters. The van der Waals surface area contributed by atoms with E-state index in [0.717, 1.165) is 42.0 Å². The molecular weight excluding hydrogens is 348 g/mol. The summed E-state index contributed by atoms with van der Waals surface area (Å²) in [5.74, 6) is 0.119. The summed E-state index contributed by atoms with van der Waals surface area (Å²) in [5, 5.41) is 3.87. The van der Waals surface area contributed by atoms with Gasteiger partial charge in [0.1, 0.15) is 0 Å². The summed E-state index contributed by atoms with van der Waals surface area (Å²) in [5.41, 5.74) is 3.99. The van der Waals surface area contributed by atoms with Gasteiger partial charge in [0.15, 0.2) is 0 Å². The molecule has 1 saturated heterocycles. The number of hydrogen-bond acceptors (Lipinski definition) is 2. The zero-order valence-electron chi connectivity index (χ0n) is 14.5. The Labute approximate surface area is 158 Å². The highest BCUT2D eigenvalue weighted by Crippen LogP contribution is 2.33. The molecule has 1 fully saturated rings. The van der Waals surface area contributed by atoms with Gasteiger partial charge in [-0.15, -0.1) is 0 Å². The third-order valence-corrected chi connectivity index (χ3v) is 5.46. The first kappa shape index (κ1) is 17.1. The fourth-order valence-corrected chi connectivity index (χ4v) is 4.07. The number of nitrogens with one attached hydrogen (secondary N) is 1. The molecule has 4 nitrogen and oxygen atoms in total. The lowest BCUT2D eigenvalue weighted by Crippen LogP contribution is -2.27. The van der Waals surface area contributed by atoms with Crippen LogP contribution in [-0.2, 0) is 17.8 Å². The van der Waals surface area contributed by atoms with Gasteiger partial charge < -0.3 is 10.2 Å². The Hall–Kier alpha value is -2.33. The number of aryl methyl sites for hydroxylation is 1. The topological polar surface area (TPSA) is 49.4 Å². The van der Waals surface area contributed by atoms with E-state index in [-0.39, 0.29) is 17.9 Å². The minimum Gasteiger partial charge on any atom is -0.345 e. The number of hydrogen-bond donors (Lipinski definition) is 1. The zero-order valence-corrected chi connectivity index (χ0v) is 15.3. The highest BCUT2D eigenvalue weighted by Gasteiger charge is 2.25. The number of benzene rings is 2. The fourth-order valence-electron chi connectivity index (χ4n) is 3.88. The molecule has 0 radical (unpaired) electrons. The van der Waals surface area contributed by atoms with Crippen molar-refractivity contribution in [1.29, 1.82) is 0 Å². The maximum atomic E-state index is 12.7. The summed E-state index contributed by atoms with van der Waals surface area (Å²) < 4.78 is 0. The van der Waals surface area contributed by atoms with E-state index in [9.17, 15) is 9.59 Å². The minimum absolute atomic E-state index is 0.0265. The SMILES string of the molecule is O=C(N[C@@H]1CCc2cc(Cl)ccc21)c1cccc(CN2CCCC2=O)c1. The number of halogens is 1. The van der Waals surface area contributed by atoms with Crippen LogP contribution in [0.3, 0.4) is 0 Å². The van der Waals surface area contributed by atoms with E-state index in [1.807, 2.05) is 47.4 Å². The summed E-state index contributed by atoms with van der Waals surface area (Å²) >= 11 is 6.05. The van der Waals surface area contributed by atoms with Crippen molar-refractivity contribution in [3.63, 3.8) is 0 Å². The summed E-state index contributed by atoms with van der Waals surface area (Å²) in [4.78, 5) is 26.4. The standard InChI is InChI=1S/C21H21ClN2O2/c22-17-7-8-18-15(12-17)6-9-19(18)23-21(26)16-4-1-3-14(11-16)13-24-10-2-5-20(24)25/h1,3-4,7-8,11-12,19H,2,5-6,9-10,13H2,(H,23,26)/t19-/m1/s1. The van der Waals surface area contributed by atoms with Gasteiger partial charge in [0, 0.05) is 30.1 Å². The van der Waals surface area contributed by atoms with Gasteiger partial charge in [-0.1, -0.05) is 29.8 Å². The van der Waals surface area contributed by atoms with Crippen molar-refractivity contribution in [3.8, 4) is 0 Å². The van der Waals surface area contributed by atoms with E-state index in [2.05, 4.69) is 5.32 Å². The second-order valence-corrected chi connectivity index (χ2v) is 7.46. The third-order valence-electron chi connectivity index (χ3n) is 5.22. The summed E-state index contributed by atoms with van der Waals surface area (Å²) in [6.07, 6.45) is 3.37. The Kier molecular flexibility index (Phi) is 4.68. The van der Waals surface area contributed by atoms with Crippen LogP contribution >= 0.6 is 11.6 Å². The van der Waals surface area contributed by atoms with Gasteiger partial charge in [-0.05, 0) is 60.2 Å². The maximum absolute atomic E-state index is 12.7. The number of amides is 2. The van der Waals surface area contributed by atoms with Crippen molar-refractivity contribution in [2.75, 3.05) is 6.54 Å². The quantitative estimate of drug-likeness (QED) is 0.890. The van der Waals surface area contributed by atoms with Crippen LogP contribution in [0.1, 0.15) is 52.4 Å². The van der Waals surface area contributed by atoms with Gasteiger partial charge in [0.25, 0.3) is 5.91 Å². The molecule has 2 aromatic rings. The van der Waals surface area contributed by atoms with Crippen LogP contribution in [0.15, 0.2) is 42.5 Å². The molecule has 2 amide bonds. The van der Waals surface area contributed by atoms with Crippen LogP contribution in [0, 0.1) is 0 Å². The number of carbonyl (C=O) groups excluding carboxylic acids is 2. The molecule has 4 rings (SSSR count). The van der Waals surface area contributed by atoms with Crippen LogP contribution in [0.4, 0.5) is 0 Å². The van der Waals surface area contributed by atoms with Crippen LogP contribution in [-0.4, -0.2) is 23.3 Å². The summed E-state index contributed by atoms with van der Waals surface area (Å²) in [7, 11) is 0. The normalized spacial score (nSPS) is 18.9. The van der Waals surface area contributed by atoms with E-state index < -0.39 is 0 Å². The van der Waals surface area contributed by atoms with Gasteiger partial charge in [-0.3, -0.25) is 9.59 Å². The van der Waals surface area contributed by atoms with E-state index in [1.54, 1.807) is 0 Å². The molecular formula is C21H21ClN2O2. The highest BCUT2D eigenvalue weighted by molar-refractivity contribution is 6.30. The van der Waals surface area contributed by atoms with E-state index in [4.69, 9.17) is 11.6 Å². The Morgan fingerprint density at radius 2 is 2.08 bits per heavy atom. The lowest BCUT2D eigenvalue weighted by molar-refractivity contribution is -0.128. The summed E-state index contributed by atoms with van der Waals surface area (Å²) in [6.45, 7) is 1.38. The van der Waals surface area contributed by atoms with Crippen molar-refractivity contribution >= 4 is 23.4 Å². The fraction of sp³-hybridized carbons (Fsp3) is 0.333. The molecule has 1 heterocycles. The van der Waals surface area contributed by atoms with Gasteiger partial charge >= 0.3 is 0 Å². The Bertz CT molecular complexity index is 865. The molecule has 0 spiro atoms.